The third-order valence-corrected chi connectivity index (χ3v) is 7.42. The number of hydrogen-bond acceptors (Lipinski definition) is 7. The van der Waals surface area contributed by atoms with Gasteiger partial charge in [-0.2, -0.15) is 0 Å². The summed E-state index contributed by atoms with van der Waals surface area (Å²) in [6, 6.07) is 1.79. The molecule has 3 aromatic heterocycles. The molecule has 2 aliphatic rings. The number of thiazole rings is 1. The van der Waals surface area contributed by atoms with E-state index in [0.717, 1.165) is 42.3 Å². The summed E-state index contributed by atoms with van der Waals surface area (Å²) in [6.07, 6.45) is 2.84. The number of pyridine rings is 1. The molecule has 0 radical (unpaired) electrons. The highest BCUT2D eigenvalue weighted by Gasteiger charge is 2.30. The average Bonchev–Trinajstić information content (AvgIpc) is 3.60. The van der Waals surface area contributed by atoms with Crippen molar-refractivity contribution < 1.29 is 4.79 Å². The highest BCUT2D eigenvalue weighted by molar-refractivity contribution is 7.13. The summed E-state index contributed by atoms with van der Waals surface area (Å²) in [6.45, 7) is 9.08. The summed E-state index contributed by atoms with van der Waals surface area (Å²) in [4.78, 5) is 55.2. The molecule has 1 amide bonds. The van der Waals surface area contributed by atoms with Crippen LogP contribution in [0.2, 0.25) is 0 Å². The number of aryl methyl sites for hydroxylation is 1. The Labute approximate surface area is 201 Å². The minimum Gasteiger partial charge on any atom is -0.346 e. The Morgan fingerprint density at radius 3 is 2.65 bits per heavy atom. The number of carbonyl (C=O) groups excluding carboxylic acids is 1. The Morgan fingerprint density at radius 2 is 1.97 bits per heavy atom. The molecule has 2 fully saturated rings. The molecule has 0 unspecified atom stereocenters. The van der Waals surface area contributed by atoms with Crippen LogP contribution in [0.1, 0.15) is 60.8 Å². The molecular weight excluding hydrogens is 452 g/mol. The van der Waals surface area contributed by atoms with Crippen LogP contribution in [0.4, 0.5) is 5.13 Å². The number of amides is 1. The van der Waals surface area contributed by atoms with Crippen LogP contribution in [0.25, 0.3) is 11.0 Å². The van der Waals surface area contributed by atoms with Gasteiger partial charge in [0, 0.05) is 49.7 Å². The van der Waals surface area contributed by atoms with Crippen LogP contribution in [0.5, 0.6) is 0 Å². The Balaban J connectivity index is 1.54. The number of hydrogen-bond donors (Lipinski definition) is 1. The number of nitrogens with one attached hydrogen (secondary N) is 1. The van der Waals surface area contributed by atoms with Crippen molar-refractivity contribution in [1.82, 2.24) is 24.4 Å². The molecule has 9 nitrogen and oxygen atoms in total. The number of rotatable bonds is 5. The van der Waals surface area contributed by atoms with Gasteiger partial charge in [0.25, 0.3) is 11.5 Å². The van der Waals surface area contributed by atoms with Crippen molar-refractivity contribution in [3.63, 3.8) is 0 Å². The normalized spacial score (nSPS) is 16.9. The van der Waals surface area contributed by atoms with Crippen molar-refractivity contribution in [2.75, 3.05) is 31.1 Å². The zero-order valence-corrected chi connectivity index (χ0v) is 20.7. The third-order valence-electron chi connectivity index (χ3n) is 6.40. The van der Waals surface area contributed by atoms with Crippen LogP contribution in [0.15, 0.2) is 21.0 Å². The van der Waals surface area contributed by atoms with Crippen molar-refractivity contribution >= 4 is 33.4 Å². The molecule has 4 heterocycles. The maximum absolute atomic E-state index is 13.8. The summed E-state index contributed by atoms with van der Waals surface area (Å²) in [5.74, 6) is 0.292. The second-order valence-corrected chi connectivity index (χ2v) is 10.6. The molecule has 1 N–H and O–H groups in total. The van der Waals surface area contributed by atoms with Crippen molar-refractivity contribution in [3.8, 4) is 0 Å². The lowest BCUT2D eigenvalue weighted by atomic mass is 10.1. The molecule has 10 heteroatoms. The summed E-state index contributed by atoms with van der Waals surface area (Å²) in [5, 5.41) is 3.23. The average molecular weight is 483 g/mol. The maximum Gasteiger partial charge on any atom is 0.330 e. The first-order valence-electron chi connectivity index (χ1n) is 12.0. The van der Waals surface area contributed by atoms with Gasteiger partial charge < -0.3 is 9.80 Å². The van der Waals surface area contributed by atoms with Crippen LogP contribution < -0.4 is 16.1 Å². The van der Waals surface area contributed by atoms with Gasteiger partial charge in [-0.25, -0.2) is 14.8 Å². The van der Waals surface area contributed by atoms with Crippen LogP contribution in [-0.2, 0) is 6.54 Å². The fraction of sp³-hybridized carbons (Fsp3) is 0.542. The number of carbonyl (C=O) groups is 1. The fourth-order valence-corrected chi connectivity index (χ4v) is 5.41. The van der Waals surface area contributed by atoms with E-state index in [4.69, 9.17) is 4.98 Å². The smallest absolute Gasteiger partial charge is 0.330 e. The number of aromatic amines is 1. The monoisotopic (exact) mass is 482 g/mol. The lowest BCUT2D eigenvalue weighted by Gasteiger charge is -2.23. The van der Waals surface area contributed by atoms with E-state index < -0.39 is 11.2 Å². The predicted molar refractivity (Wildman–Crippen MR) is 133 cm³/mol. The summed E-state index contributed by atoms with van der Waals surface area (Å²) in [5.41, 5.74) is 1.45. The topological polar surface area (TPSA) is 104 Å². The zero-order chi connectivity index (χ0) is 24.0. The summed E-state index contributed by atoms with van der Waals surface area (Å²) < 4.78 is 1.51. The van der Waals surface area contributed by atoms with Gasteiger partial charge in [0.2, 0.25) is 0 Å². The zero-order valence-electron chi connectivity index (χ0n) is 19.8. The molecular formula is C24H30N6O3S. The van der Waals surface area contributed by atoms with Crippen LogP contribution in [-0.4, -0.2) is 56.5 Å². The van der Waals surface area contributed by atoms with Gasteiger partial charge in [0.1, 0.15) is 0 Å². The second-order valence-electron chi connectivity index (χ2n) is 9.74. The summed E-state index contributed by atoms with van der Waals surface area (Å²) >= 11 is 1.62. The lowest BCUT2D eigenvalue weighted by molar-refractivity contribution is 0.0768. The first-order chi connectivity index (χ1) is 16.3. The van der Waals surface area contributed by atoms with E-state index in [9.17, 15) is 14.4 Å². The molecule has 1 saturated carbocycles. The molecule has 1 saturated heterocycles. The predicted octanol–water partition coefficient (Wildman–Crippen LogP) is 2.74. The van der Waals surface area contributed by atoms with E-state index in [1.54, 1.807) is 17.4 Å². The fourth-order valence-electron chi connectivity index (χ4n) is 4.55. The standard InChI is InChI=1S/C24H30N6O3S/c1-14(2)12-30-20-19(21(31)27-23(30)33)17(11-18(26-20)16-5-6-16)22(32)28-7-4-8-29(10-9-28)24-25-15(3)13-34-24/h11,13-14,16H,4-10,12H2,1-3H3,(H,27,31,33). The minimum atomic E-state index is -0.548. The van der Waals surface area contributed by atoms with Gasteiger partial charge in [0.05, 0.1) is 16.6 Å². The largest absolute Gasteiger partial charge is 0.346 e. The molecule has 1 aliphatic heterocycles. The molecule has 3 aromatic rings. The molecule has 1 aliphatic carbocycles. The Bertz CT molecular complexity index is 1350. The number of aromatic nitrogens is 4. The first kappa shape index (κ1) is 22.8. The van der Waals surface area contributed by atoms with Crippen LogP contribution in [0, 0.1) is 12.8 Å². The van der Waals surface area contributed by atoms with Gasteiger partial charge in [0.15, 0.2) is 10.8 Å². The number of fused-ring (bicyclic) bond motifs is 1. The van der Waals surface area contributed by atoms with E-state index in [0.29, 0.717) is 37.4 Å². The maximum atomic E-state index is 13.8. The quantitative estimate of drug-likeness (QED) is 0.600. The van der Waals surface area contributed by atoms with E-state index in [-0.39, 0.29) is 23.1 Å². The number of anilines is 1. The molecule has 5 rings (SSSR count). The van der Waals surface area contributed by atoms with Gasteiger partial charge in [-0.3, -0.25) is 19.1 Å². The molecule has 180 valence electrons. The van der Waals surface area contributed by atoms with Crippen molar-refractivity contribution in [2.45, 2.75) is 52.5 Å². The van der Waals surface area contributed by atoms with Gasteiger partial charge >= 0.3 is 5.69 Å². The highest BCUT2D eigenvalue weighted by Crippen LogP contribution is 2.40. The molecule has 0 atom stereocenters. The Morgan fingerprint density at radius 1 is 1.18 bits per heavy atom. The van der Waals surface area contributed by atoms with E-state index >= 15 is 0 Å². The highest BCUT2D eigenvalue weighted by atomic mass is 32.1. The van der Waals surface area contributed by atoms with Crippen molar-refractivity contribution in [1.29, 1.82) is 0 Å². The molecule has 0 aromatic carbocycles. The van der Waals surface area contributed by atoms with E-state index in [1.807, 2.05) is 31.1 Å². The Hall–Kier alpha value is -3.01. The second kappa shape index (κ2) is 8.98. The van der Waals surface area contributed by atoms with Crippen molar-refractivity contribution in [2.24, 2.45) is 5.92 Å². The number of H-pyrrole nitrogens is 1. The Kier molecular flexibility index (Phi) is 6.01. The summed E-state index contributed by atoms with van der Waals surface area (Å²) in [7, 11) is 0. The van der Waals surface area contributed by atoms with Gasteiger partial charge in [-0.15, -0.1) is 11.3 Å². The lowest BCUT2D eigenvalue weighted by Crippen LogP contribution is -2.37. The SMILES string of the molecule is Cc1csc(N2CCCN(C(=O)c3cc(C4CC4)nc4c3c(=O)[nH]c(=O)n4CC(C)C)CC2)n1. The molecule has 0 bridgehead atoms. The first-order valence-corrected chi connectivity index (χ1v) is 12.8. The molecule has 34 heavy (non-hydrogen) atoms. The van der Waals surface area contributed by atoms with Crippen LogP contribution in [0.3, 0.4) is 0 Å². The minimum absolute atomic E-state index is 0.174. The van der Waals surface area contributed by atoms with Crippen molar-refractivity contribution in [3.05, 3.63) is 49.2 Å². The van der Waals surface area contributed by atoms with Crippen LogP contribution >= 0.6 is 11.3 Å². The van der Waals surface area contributed by atoms with E-state index in [2.05, 4.69) is 14.9 Å². The number of nitrogens with zero attached hydrogens (tertiary/aromatic N) is 5. The van der Waals surface area contributed by atoms with E-state index in [1.165, 1.54) is 4.57 Å². The van der Waals surface area contributed by atoms with Gasteiger partial charge in [-0.1, -0.05) is 13.8 Å². The third kappa shape index (κ3) is 4.38. The van der Waals surface area contributed by atoms with Gasteiger partial charge in [-0.05, 0) is 38.2 Å². The molecule has 0 spiro atoms.